The molecule has 0 saturated carbocycles. The summed E-state index contributed by atoms with van der Waals surface area (Å²) in [7, 11) is 0. The summed E-state index contributed by atoms with van der Waals surface area (Å²) < 4.78 is 11.3. The molecule has 5 nitrogen and oxygen atoms in total. The van der Waals surface area contributed by atoms with Gasteiger partial charge in [-0.05, 0) is 54.6 Å². The molecule has 0 spiro atoms. The second kappa shape index (κ2) is 7.90. The molecule has 128 valence electrons. The van der Waals surface area contributed by atoms with Crippen molar-refractivity contribution in [3.63, 3.8) is 0 Å². The zero-order valence-corrected chi connectivity index (χ0v) is 14.5. The first-order valence-corrected chi connectivity index (χ1v) is 8.59. The molecule has 0 aromatic heterocycles. The number of carbonyl (C=O) groups excluding carboxylic acids is 2. The van der Waals surface area contributed by atoms with Crippen LogP contribution in [0.4, 0.5) is 4.79 Å². The molecule has 2 amide bonds. The number of hydrogen-bond acceptors (Lipinski definition) is 5. The van der Waals surface area contributed by atoms with Crippen molar-refractivity contribution in [3.8, 4) is 11.5 Å². The molecule has 0 aliphatic carbocycles. The zero-order valence-electron chi connectivity index (χ0n) is 13.7. The summed E-state index contributed by atoms with van der Waals surface area (Å²) in [5.41, 5.74) is 1.98. The van der Waals surface area contributed by atoms with Crippen LogP contribution in [0.25, 0.3) is 6.08 Å². The van der Waals surface area contributed by atoms with Crippen LogP contribution in [0.2, 0.25) is 0 Å². The van der Waals surface area contributed by atoms with Gasteiger partial charge in [0.2, 0.25) is 0 Å². The second-order valence-corrected chi connectivity index (χ2v) is 6.45. The van der Waals surface area contributed by atoms with Gasteiger partial charge in [-0.1, -0.05) is 29.8 Å². The van der Waals surface area contributed by atoms with Crippen LogP contribution < -0.4 is 14.8 Å². The Morgan fingerprint density at radius 1 is 1.00 bits per heavy atom. The summed E-state index contributed by atoms with van der Waals surface area (Å²) in [5.74, 6) is 1.12. The van der Waals surface area contributed by atoms with Crippen molar-refractivity contribution in [2.45, 2.75) is 6.92 Å². The van der Waals surface area contributed by atoms with Crippen molar-refractivity contribution < 1.29 is 19.1 Å². The second-order valence-electron chi connectivity index (χ2n) is 5.43. The van der Waals surface area contributed by atoms with E-state index in [1.54, 1.807) is 6.08 Å². The van der Waals surface area contributed by atoms with E-state index in [0.717, 1.165) is 23.1 Å². The van der Waals surface area contributed by atoms with Crippen LogP contribution in [-0.2, 0) is 4.79 Å². The molecule has 2 aromatic carbocycles. The number of imide groups is 1. The minimum absolute atomic E-state index is 0.350. The van der Waals surface area contributed by atoms with Gasteiger partial charge in [0, 0.05) is 0 Å². The van der Waals surface area contributed by atoms with E-state index in [1.165, 1.54) is 5.56 Å². The molecule has 6 heteroatoms. The van der Waals surface area contributed by atoms with Gasteiger partial charge < -0.3 is 9.47 Å². The number of benzene rings is 2. The lowest BCUT2D eigenvalue weighted by Gasteiger charge is -2.09. The lowest BCUT2D eigenvalue weighted by molar-refractivity contribution is -0.115. The summed E-state index contributed by atoms with van der Waals surface area (Å²) in [4.78, 5) is 23.1. The van der Waals surface area contributed by atoms with E-state index in [-0.39, 0.29) is 11.1 Å². The monoisotopic (exact) mass is 355 g/mol. The molecule has 1 N–H and O–H groups in total. The van der Waals surface area contributed by atoms with E-state index in [9.17, 15) is 9.59 Å². The molecule has 0 radical (unpaired) electrons. The first-order chi connectivity index (χ1) is 12.1. The average molecular weight is 355 g/mol. The maximum Gasteiger partial charge on any atom is 0.290 e. The third-order valence-corrected chi connectivity index (χ3v) is 4.25. The number of rotatable bonds is 6. The van der Waals surface area contributed by atoms with Gasteiger partial charge in [-0.3, -0.25) is 14.9 Å². The predicted octanol–water partition coefficient (Wildman–Crippen LogP) is 3.78. The van der Waals surface area contributed by atoms with Crippen molar-refractivity contribution in [2.24, 2.45) is 0 Å². The van der Waals surface area contributed by atoms with Crippen molar-refractivity contribution in [2.75, 3.05) is 13.2 Å². The van der Waals surface area contributed by atoms with Crippen LogP contribution in [0.15, 0.2) is 53.4 Å². The van der Waals surface area contributed by atoms with Crippen LogP contribution in [0.1, 0.15) is 11.1 Å². The number of ether oxygens (including phenoxy) is 2. The molecule has 0 atom stereocenters. The van der Waals surface area contributed by atoms with Crippen LogP contribution >= 0.6 is 11.8 Å². The summed E-state index contributed by atoms with van der Waals surface area (Å²) in [5, 5.41) is 1.88. The van der Waals surface area contributed by atoms with Crippen molar-refractivity contribution >= 4 is 29.0 Å². The molecular weight excluding hydrogens is 338 g/mol. The maximum atomic E-state index is 11.6. The Kier molecular flexibility index (Phi) is 5.40. The van der Waals surface area contributed by atoms with Crippen LogP contribution in [-0.4, -0.2) is 24.4 Å². The lowest BCUT2D eigenvalue weighted by atomic mass is 10.2. The van der Waals surface area contributed by atoms with Crippen molar-refractivity contribution in [1.82, 2.24) is 5.32 Å². The van der Waals surface area contributed by atoms with Crippen molar-refractivity contribution in [1.29, 1.82) is 0 Å². The number of aryl methyl sites for hydroxylation is 1. The Morgan fingerprint density at radius 3 is 2.40 bits per heavy atom. The normalized spacial score (nSPS) is 15.3. The Balaban J connectivity index is 1.53. The molecule has 2 aromatic rings. The highest BCUT2D eigenvalue weighted by Gasteiger charge is 2.24. The largest absolute Gasteiger partial charge is 0.490 e. The first-order valence-electron chi connectivity index (χ1n) is 7.77. The molecule has 1 saturated heterocycles. The molecule has 0 bridgehead atoms. The Hall–Kier alpha value is -2.73. The number of amides is 2. The highest BCUT2D eigenvalue weighted by Crippen LogP contribution is 2.26. The van der Waals surface area contributed by atoms with Gasteiger partial charge in [-0.25, -0.2) is 0 Å². The molecule has 0 unspecified atom stereocenters. The fraction of sp³-hybridized carbons (Fsp3) is 0.158. The van der Waals surface area contributed by atoms with Crippen LogP contribution in [0.5, 0.6) is 11.5 Å². The molecular formula is C19H17NO4S. The quantitative estimate of drug-likeness (QED) is 0.631. The van der Waals surface area contributed by atoms with E-state index < -0.39 is 0 Å². The average Bonchev–Trinajstić information content (AvgIpc) is 2.91. The third kappa shape index (κ3) is 4.87. The van der Waals surface area contributed by atoms with Gasteiger partial charge in [0.25, 0.3) is 11.1 Å². The highest BCUT2D eigenvalue weighted by atomic mass is 32.2. The van der Waals surface area contributed by atoms with E-state index >= 15 is 0 Å². The number of carbonyl (C=O) groups is 2. The molecule has 1 heterocycles. The first kappa shape index (κ1) is 17.1. The summed E-state index contributed by atoms with van der Waals surface area (Å²) >= 11 is 0.895. The van der Waals surface area contributed by atoms with Crippen LogP contribution in [0.3, 0.4) is 0 Å². The van der Waals surface area contributed by atoms with E-state index in [0.29, 0.717) is 23.9 Å². The number of nitrogens with one attached hydrogen (secondary N) is 1. The number of hydrogen-bond donors (Lipinski definition) is 1. The lowest BCUT2D eigenvalue weighted by Crippen LogP contribution is -2.17. The Labute approximate surface area is 150 Å². The van der Waals surface area contributed by atoms with E-state index in [1.807, 2.05) is 55.5 Å². The third-order valence-electron chi connectivity index (χ3n) is 3.44. The topological polar surface area (TPSA) is 64.6 Å². The van der Waals surface area contributed by atoms with Gasteiger partial charge >= 0.3 is 0 Å². The smallest absolute Gasteiger partial charge is 0.290 e. The molecule has 1 aliphatic rings. The predicted molar refractivity (Wildman–Crippen MR) is 97.7 cm³/mol. The Bertz CT molecular complexity index is 814. The molecule has 3 rings (SSSR count). The molecule has 1 aliphatic heterocycles. The fourth-order valence-corrected chi connectivity index (χ4v) is 2.90. The molecule has 1 fully saturated rings. The minimum atomic E-state index is -0.368. The molecule has 25 heavy (non-hydrogen) atoms. The van der Waals surface area contributed by atoms with Gasteiger partial charge in [-0.15, -0.1) is 0 Å². The fourth-order valence-electron chi connectivity index (χ4n) is 2.22. The highest BCUT2D eigenvalue weighted by molar-refractivity contribution is 8.18. The Morgan fingerprint density at radius 2 is 1.72 bits per heavy atom. The standard InChI is InChI=1S/C19H17NO4S/c1-13-5-7-15(8-6-13)23-9-10-24-16-4-2-3-14(11-16)12-17-18(21)20-19(22)25-17/h2-8,11-12H,9-10H2,1H3,(H,20,21,22)/b17-12-. The minimum Gasteiger partial charge on any atom is -0.490 e. The summed E-state index contributed by atoms with van der Waals surface area (Å²) in [6.45, 7) is 2.86. The van der Waals surface area contributed by atoms with Gasteiger partial charge in [0.1, 0.15) is 24.7 Å². The van der Waals surface area contributed by atoms with Crippen molar-refractivity contribution in [3.05, 3.63) is 64.6 Å². The van der Waals surface area contributed by atoms with Gasteiger partial charge in [0.05, 0.1) is 4.91 Å². The van der Waals surface area contributed by atoms with Gasteiger partial charge in [-0.2, -0.15) is 0 Å². The maximum absolute atomic E-state index is 11.6. The van der Waals surface area contributed by atoms with E-state index in [4.69, 9.17) is 9.47 Å². The summed E-state index contributed by atoms with van der Waals surface area (Å²) in [6.07, 6.45) is 1.67. The van der Waals surface area contributed by atoms with E-state index in [2.05, 4.69) is 5.32 Å². The SMILES string of the molecule is Cc1ccc(OCCOc2cccc(/C=C3\SC(=O)NC3=O)c2)cc1. The zero-order chi connectivity index (χ0) is 17.6. The van der Waals surface area contributed by atoms with Crippen LogP contribution in [0, 0.1) is 6.92 Å². The van der Waals surface area contributed by atoms with Gasteiger partial charge in [0.15, 0.2) is 0 Å². The summed E-state index contributed by atoms with van der Waals surface area (Å²) in [6, 6.07) is 15.2. The number of thioether (sulfide) groups is 1.